The first-order valence-corrected chi connectivity index (χ1v) is 9.57. The van der Waals surface area contributed by atoms with Gasteiger partial charge in [0.1, 0.15) is 11.5 Å². The zero-order valence-corrected chi connectivity index (χ0v) is 16.1. The molecule has 0 unspecified atom stereocenters. The van der Waals surface area contributed by atoms with Crippen molar-refractivity contribution >= 4 is 5.91 Å². The first-order chi connectivity index (χ1) is 12.6. The number of likely N-dealkylation sites (tertiary alicyclic amines) is 1. The maximum atomic E-state index is 12.7. The van der Waals surface area contributed by atoms with Crippen molar-refractivity contribution in [2.24, 2.45) is 0 Å². The quantitative estimate of drug-likeness (QED) is 0.760. The van der Waals surface area contributed by atoms with Gasteiger partial charge in [-0.1, -0.05) is 0 Å². The van der Waals surface area contributed by atoms with Crippen LogP contribution in [0, 0.1) is 0 Å². The molecule has 1 saturated heterocycles. The Morgan fingerprint density at radius 2 is 2.04 bits per heavy atom. The molecule has 0 atom stereocenters. The predicted octanol–water partition coefficient (Wildman–Crippen LogP) is 2.07. The molecule has 1 aliphatic rings. The topological polar surface area (TPSA) is 59.2 Å². The Hall–Kier alpha value is -2.15. The number of amides is 1. The van der Waals surface area contributed by atoms with Crippen molar-refractivity contribution in [3.63, 3.8) is 0 Å². The van der Waals surface area contributed by atoms with Gasteiger partial charge >= 0.3 is 0 Å². The fourth-order valence-electron chi connectivity index (χ4n) is 3.70. The van der Waals surface area contributed by atoms with E-state index >= 15 is 0 Å². The van der Waals surface area contributed by atoms with Crippen molar-refractivity contribution in [2.75, 3.05) is 33.7 Å². The van der Waals surface area contributed by atoms with Gasteiger partial charge in [0.2, 0.25) is 0 Å². The summed E-state index contributed by atoms with van der Waals surface area (Å²) >= 11 is 0. The van der Waals surface area contributed by atoms with Crippen molar-refractivity contribution < 1.29 is 4.79 Å². The van der Waals surface area contributed by atoms with Crippen LogP contribution in [0.4, 0.5) is 0 Å². The summed E-state index contributed by atoms with van der Waals surface area (Å²) in [5.74, 6) is 1.70. The first-order valence-electron chi connectivity index (χ1n) is 9.57. The second kappa shape index (κ2) is 8.49. The third kappa shape index (κ3) is 4.15. The molecule has 2 aromatic rings. The lowest BCUT2D eigenvalue weighted by molar-refractivity contribution is 0.0697. The summed E-state index contributed by atoms with van der Waals surface area (Å²) in [6.45, 7) is 6.37. The molecule has 1 aliphatic heterocycles. The van der Waals surface area contributed by atoms with E-state index in [1.165, 1.54) is 5.82 Å². The molecule has 0 aliphatic carbocycles. The number of carbonyl (C=O) groups excluding carboxylic acids is 1. The summed E-state index contributed by atoms with van der Waals surface area (Å²) in [6.07, 6.45) is 8.75. The van der Waals surface area contributed by atoms with Crippen LogP contribution in [0.25, 0.3) is 0 Å². The summed E-state index contributed by atoms with van der Waals surface area (Å²) in [5.41, 5.74) is 0.691. The molecule has 1 amide bonds. The highest BCUT2D eigenvalue weighted by Gasteiger charge is 2.28. The number of rotatable bonds is 7. The molecule has 142 valence electrons. The van der Waals surface area contributed by atoms with Gasteiger partial charge in [0.05, 0.1) is 0 Å². The Balaban J connectivity index is 1.57. The largest absolute Gasteiger partial charge is 0.337 e. The minimum absolute atomic E-state index is 0.0946. The molecular weight excluding hydrogens is 328 g/mol. The van der Waals surface area contributed by atoms with Crippen LogP contribution in [0.5, 0.6) is 0 Å². The zero-order valence-electron chi connectivity index (χ0n) is 16.1. The molecule has 0 aromatic carbocycles. The highest BCUT2D eigenvalue weighted by Crippen LogP contribution is 2.27. The average Bonchev–Trinajstić information content (AvgIpc) is 3.30. The van der Waals surface area contributed by atoms with Crippen molar-refractivity contribution in [3.8, 4) is 0 Å². The summed E-state index contributed by atoms with van der Waals surface area (Å²) in [4.78, 5) is 21.5. The van der Waals surface area contributed by atoms with E-state index in [9.17, 15) is 4.79 Å². The fourth-order valence-corrected chi connectivity index (χ4v) is 3.70. The SMILES string of the molecule is CCn1nccc1C(=O)N1CCC(c2nccn2CCCN(C)C)CC1. The molecule has 7 heteroatoms. The Kier molecular flexibility index (Phi) is 6.08. The second-order valence-electron chi connectivity index (χ2n) is 7.23. The van der Waals surface area contributed by atoms with Gasteiger partial charge in [0.25, 0.3) is 5.91 Å². The van der Waals surface area contributed by atoms with Gasteiger partial charge in [-0.3, -0.25) is 9.48 Å². The van der Waals surface area contributed by atoms with Crippen LogP contribution in [0.2, 0.25) is 0 Å². The molecule has 7 nitrogen and oxygen atoms in total. The van der Waals surface area contributed by atoms with E-state index in [0.29, 0.717) is 11.6 Å². The number of carbonyl (C=O) groups is 1. The van der Waals surface area contributed by atoms with Gasteiger partial charge in [0.15, 0.2) is 0 Å². The normalized spacial score (nSPS) is 15.8. The molecule has 0 N–H and O–H groups in total. The average molecular weight is 358 g/mol. The molecule has 3 rings (SSSR count). The molecule has 1 fully saturated rings. The number of aromatic nitrogens is 4. The number of hydrogen-bond acceptors (Lipinski definition) is 4. The first kappa shape index (κ1) is 18.6. The van der Waals surface area contributed by atoms with Crippen LogP contribution in [0.1, 0.15) is 48.4 Å². The molecular formula is C19H30N6O. The lowest BCUT2D eigenvalue weighted by atomic mass is 9.95. The number of piperidine rings is 1. The summed E-state index contributed by atoms with van der Waals surface area (Å²) in [5, 5.41) is 4.21. The van der Waals surface area contributed by atoms with Crippen LogP contribution < -0.4 is 0 Å². The Labute approximate surface area is 155 Å². The Morgan fingerprint density at radius 3 is 2.73 bits per heavy atom. The molecule has 0 spiro atoms. The van der Waals surface area contributed by atoms with E-state index in [4.69, 9.17) is 0 Å². The monoisotopic (exact) mass is 358 g/mol. The highest BCUT2D eigenvalue weighted by atomic mass is 16.2. The minimum Gasteiger partial charge on any atom is -0.337 e. The van der Waals surface area contributed by atoms with Crippen LogP contribution in [0.3, 0.4) is 0 Å². The van der Waals surface area contributed by atoms with Gasteiger partial charge in [-0.05, 0) is 52.9 Å². The van der Waals surface area contributed by atoms with Gasteiger partial charge in [0, 0.05) is 50.7 Å². The summed E-state index contributed by atoms with van der Waals surface area (Å²) in [6, 6.07) is 1.81. The summed E-state index contributed by atoms with van der Waals surface area (Å²) < 4.78 is 4.06. The molecule has 0 bridgehead atoms. The fraction of sp³-hybridized carbons (Fsp3) is 0.632. The van der Waals surface area contributed by atoms with Crippen LogP contribution >= 0.6 is 0 Å². The summed E-state index contributed by atoms with van der Waals surface area (Å²) in [7, 11) is 4.21. The zero-order chi connectivity index (χ0) is 18.5. The van der Waals surface area contributed by atoms with E-state index in [2.05, 4.69) is 39.8 Å². The van der Waals surface area contributed by atoms with Crippen molar-refractivity contribution in [2.45, 2.75) is 45.2 Å². The lowest BCUT2D eigenvalue weighted by Gasteiger charge is -2.32. The Bertz CT molecular complexity index is 711. The maximum Gasteiger partial charge on any atom is 0.272 e. The van der Waals surface area contributed by atoms with Crippen molar-refractivity contribution in [3.05, 3.63) is 36.2 Å². The van der Waals surface area contributed by atoms with Gasteiger partial charge in [-0.25, -0.2) is 4.98 Å². The molecule has 3 heterocycles. The lowest BCUT2D eigenvalue weighted by Crippen LogP contribution is -2.39. The molecule has 0 saturated carbocycles. The number of nitrogens with zero attached hydrogens (tertiary/aromatic N) is 6. The smallest absolute Gasteiger partial charge is 0.272 e. The highest BCUT2D eigenvalue weighted by molar-refractivity contribution is 5.92. The van der Waals surface area contributed by atoms with E-state index in [1.807, 2.05) is 24.1 Å². The molecule has 26 heavy (non-hydrogen) atoms. The minimum atomic E-state index is 0.0946. The van der Waals surface area contributed by atoms with Gasteiger partial charge < -0.3 is 14.4 Å². The van der Waals surface area contributed by atoms with Crippen molar-refractivity contribution in [1.29, 1.82) is 0 Å². The number of hydrogen-bond donors (Lipinski definition) is 0. The second-order valence-corrected chi connectivity index (χ2v) is 7.23. The van der Waals surface area contributed by atoms with E-state index in [0.717, 1.165) is 52.0 Å². The standard InChI is InChI=1S/C19H30N6O/c1-4-25-17(6-9-21-25)19(26)24-13-7-16(8-14-24)18-20-10-15-23(18)12-5-11-22(2)3/h6,9-10,15-16H,4-5,7-8,11-14H2,1-3H3. The number of aryl methyl sites for hydroxylation is 2. The number of imidazole rings is 1. The van der Waals surface area contributed by atoms with Crippen LogP contribution in [-0.2, 0) is 13.1 Å². The van der Waals surface area contributed by atoms with E-state index in [1.54, 1.807) is 10.9 Å². The molecule has 2 aromatic heterocycles. The van der Waals surface area contributed by atoms with Crippen LogP contribution in [0.15, 0.2) is 24.7 Å². The maximum absolute atomic E-state index is 12.7. The third-order valence-electron chi connectivity index (χ3n) is 5.13. The third-order valence-corrected chi connectivity index (χ3v) is 5.13. The molecule has 0 radical (unpaired) electrons. The van der Waals surface area contributed by atoms with E-state index < -0.39 is 0 Å². The van der Waals surface area contributed by atoms with Gasteiger partial charge in [-0.15, -0.1) is 0 Å². The van der Waals surface area contributed by atoms with Gasteiger partial charge in [-0.2, -0.15) is 5.10 Å². The van der Waals surface area contributed by atoms with Crippen LogP contribution in [-0.4, -0.2) is 68.8 Å². The predicted molar refractivity (Wildman–Crippen MR) is 101 cm³/mol. The van der Waals surface area contributed by atoms with E-state index in [-0.39, 0.29) is 5.91 Å². The Morgan fingerprint density at radius 1 is 1.27 bits per heavy atom. The van der Waals surface area contributed by atoms with Crippen molar-refractivity contribution in [1.82, 2.24) is 29.1 Å².